The molecule has 0 spiro atoms. The number of hydrogen-bond acceptors (Lipinski definition) is 4. The highest BCUT2D eigenvalue weighted by Gasteiger charge is 2.43. The average molecular weight is 384 g/mol. The van der Waals surface area contributed by atoms with Crippen LogP contribution in [0, 0.1) is 17.8 Å². The van der Waals surface area contributed by atoms with Gasteiger partial charge in [0, 0.05) is 19.7 Å². The van der Waals surface area contributed by atoms with Crippen molar-refractivity contribution in [2.45, 2.75) is 44.4 Å². The molecular formula is C16H27F3N2O3S. The Hall–Kier alpha value is -0.380. The van der Waals surface area contributed by atoms with Crippen molar-refractivity contribution in [1.82, 2.24) is 9.62 Å². The maximum Gasteiger partial charge on any atom is 0.390 e. The molecule has 3 rings (SSSR count). The van der Waals surface area contributed by atoms with E-state index in [0.29, 0.717) is 6.61 Å². The number of sulfonamides is 1. The first-order valence-corrected chi connectivity index (χ1v) is 10.7. The minimum absolute atomic E-state index is 0.170. The molecule has 25 heavy (non-hydrogen) atoms. The van der Waals surface area contributed by atoms with Gasteiger partial charge in [0.1, 0.15) is 0 Å². The largest absolute Gasteiger partial charge is 0.390 e. The Morgan fingerprint density at radius 3 is 2.48 bits per heavy atom. The van der Waals surface area contributed by atoms with Gasteiger partial charge in [0.15, 0.2) is 0 Å². The second-order valence-electron chi connectivity index (χ2n) is 7.53. The lowest BCUT2D eigenvalue weighted by Gasteiger charge is -2.37. The second kappa shape index (κ2) is 7.70. The van der Waals surface area contributed by atoms with Crippen LogP contribution in [-0.4, -0.2) is 63.5 Å². The van der Waals surface area contributed by atoms with Crippen molar-refractivity contribution in [2.24, 2.45) is 17.8 Å². The maximum absolute atomic E-state index is 12.2. The molecule has 0 unspecified atom stereocenters. The van der Waals surface area contributed by atoms with Gasteiger partial charge in [0.05, 0.1) is 18.3 Å². The molecule has 0 amide bonds. The summed E-state index contributed by atoms with van der Waals surface area (Å²) in [6, 6.07) is 0. The lowest BCUT2D eigenvalue weighted by Crippen LogP contribution is -2.55. The van der Waals surface area contributed by atoms with Crippen LogP contribution >= 0.6 is 0 Å². The van der Waals surface area contributed by atoms with E-state index in [1.807, 2.05) is 0 Å². The predicted molar refractivity (Wildman–Crippen MR) is 87.6 cm³/mol. The van der Waals surface area contributed by atoms with E-state index in [-0.39, 0.29) is 19.2 Å². The summed E-state index contributed by atoms with van der Waals surface area (Å²) in [5.41, 5.74) is 0. The van der Waals surface area contributed by atoms with E-state index < -0.39 is 28.4 Å². The Labute approximate surface area is 147 Å². The van der Waals surface area contributed by atoms with E-state index in [2.05, 4.69) is 5.32 Å². The van der Waals surface area contributed by atoms with Crippen molar-refractivity contribution in [3.8, 4) is 0 Å². The Bertz CT molecular complexity index is 543. The van der Waals surface area contributed by atoms with Crippen molar-refractivity contribution in [1.29, 1.82) is 0 Å². The topological polar surface area (TPSA) is 58.6 Å². The Morgan fingerprint density at radius 1 is 1.16 bits per heavy atom. The summed E-state index contributed by atoms with van der Waals surface area (Å²) in [7, 11) is -3.81. The number of hydrogen-bond donors (Lipinski definition) is 1. The summed E-state index contributed by atoms with van der Waals surface area (Å²) >= 11 is 0. The van der Waals surface area contributed by atoms with Gasteiger partial charge < -0.3 is 10.1 Å². The summed E-state index contributed by atoms with van der Waals surface area (Å²) < 4.78 is 66.8. The van der Waals surface area contributed by atoms with Gasteiger partial charge in [-0.15, -0.1) is 0 Å². The van der Waals surface area contributed by atoms with Gasteiger partial charge in [0.2, 0.25) is 10.0 Å². The number of rotatable bonds is 8. The number of halogens is 3. The molecule has 0 aromatic rings. The number of piperidine rings is 1. The molecular weight excluding hydrogens is 357 g/mol. The molecule has 1 aliphatic carbocycles. The summed E-state index contributed by atoms with van der Waals surface area (Å²) in [6.07, 6.45) is -1.11. The Morgan fingerprint density at radius 2 is 1.84 bits per heavy atom. The molecule has 3 fully saturated rings. The number of nitrogens with one attached hydrogen (secondary N) is 1. The number of nitrogens with zero attached hydrogens (tertiary/aromatic N) is 1. The van der Waals surface area contributed by atoms with Crippen LogP contribution in [0.25, 0.3) is 0 Å². The molecule has 1 N–H and O–H groups in total. The molecule has 2 saturated heterocycles. The fraction of sp³-hybridized carbons (Fsp3) is 1.00. The first-order valence-electron chi connectivity index (χ1n) is 9.11. The van der Waals surface area contributed by atoms with E-state index in [4.69, 9.17) is 4.74 Å². The molecule has 2 heterocycles. The molecule has 0 aromatic heterocycles. The highest BCUT2D eigenvalue weighted by Crippen LogP contribution is 2.49. The monoisotopic (exact) mass is 384 g/mol. The molecule has 1 saturated carbocycles. The highest BCUT2D eigenvalue weighted by atomic mass is 32.2. The molecule has 0 radical (unpaired) electrons. The van der Waals surface area contributed by atoms with Crippen LogP contribution in [0.4, 0.5) is 13.2 Å². The van der Waals surface area contributed by atoms with E-state index in [1.54, 1.807) is 0 Å². The fourth-order valence-corrected chi connectivity index (χ4v) is 5.48. The smallest absolute Gasteiger partial charge is 0.375 e. The van der Waals surface area contributed by atoms with Gasteiger partial charge in [-0.25, -0.2) is 8.42 Å². The third-order valence-corrected chi connectivity index (χ3v) is 7.47. The number of ether oxygens (including phenoxy) is 1. The molecule has 0 bridgehead atoms. The van der Waals surface area contributed by atoms with Gasteiger partial charge in [-0.05, 0) is 56.5 Å². The van der Waals surface area contributed by atoms with E-state index in [1.165, 1.54) is 19.3 Å². The lowest BCUT2D eigenvalue weighted by molar-refractivity contribution is -0.130. The van der Waals surface area contributed by atoms with Gasteiger partial charge in [-0.3, -0.25) is 0 Å². The molecule has 2 atom stereocenters. The van der Waals surface area contributed by atoms with Crippen molar-refractivity contribution in [2.75, 3.05) is 38.5 Å². The first-order chi connectivity index (χ1) is 11.7. The SMILES string of the molecule is O=S(=O)(CCC(F)(F)F)N1CC(OCC[C@@H]2C[C@@H]2C2CCNCC2)C1. The minimum Gasteiger partial charge on any atom is -0.375 e. The van der Waals surface area contributed by atoms with Gasteiger partial charge >= 0.3 is 6.18 Å². The normalized spacial score (nSPS) is 29.6. The quantitative estimate of drug-likeness (QED) is 0.695. The summed E-state index contributed by atoms with van der Waals surface area (Å²) in [6.45, 7) is 3.22. The zero-order valence-electron chi connectivity index (χ0n) is 14.3. The molecule has 0 aromatic carbocycles. The molecule has 5 nitrogen and oxygen atoms in total. The standard InChI is InChI=1S/C16H27F3N2O3S/c17-16(18,19)4-8-25(22,23)21-10-14(11-21)24-7-3-13-9-15(13)12-1-5-20-6-2-12/h12-15,20H,1-11H2/t13-,15-/m1/s1. The third kappa shape index (κ3) is 5.55. The minimum atomic E-state index is -4.44. The van der Waals surface area contributed by atoms with Crippen molar-refractivity contribution >= 4 is 10.0 Å². The van der Waals surface area contributed by atoms with Crippen LogP contribution in [0.15, 0.2) is 0 Å². The van der Waals surface area contributed by atoms with Crippen LogP contribution in [0.2, 0.25) is 0 Å². The van der Waals surface area contributed by atoms with Gasteiger partial charge in [-0.1, -0.05) is 0 Å². The highest BCUT2D eigenvalue weighted by molar-refractivity contribution is 7.89. The van der Waals surface area contributed by atoms with E-state index >= 15 is 0 Å². The van der Waals surface area contributed by atoms with Crippen molar-refractivity contribution < 1.29 is 26.3 Å². The van der Waals surface area contributed by atoms with Crippen LogP contribution in [0.1, 0.15) is 32.1 Å². The zero-order valence-corrected chi connectivity index (χ0v) is 15.1. The lowest BCUT2D eigenvalue weighted by atomic mass is 9.91. The fourth-order valence-electron chi connectivity index (χ4n) is 3.95. The third-order valence-electron chi connectivity index (χ3n) is 5.66. The molecule has 9 heteroatoms. The van der Waals surface area contributed by atoms with Crippen LogP contribution in [-0.2, 0) is 14.8 Å². The van der Waals surface area contributed by atoms with Crippen LogP contribution in [0.3, 0.4) is 0 Å². The summed E-state index contributed by atoms with van der Waals surface area (Å²) in [4.78, 5) is 0. The van der Waals surface area contributed by atoms with E-state index in [0.717, 1.165) is 41.6 Å². The summed E-state index contributed by atoms with van der Waals surface area (Å²) in [5, 5.41) is 3.38. The first kappa shape index (κ1) is 19.4. The van der Waals surface area contributed by atoms with Gasteiger partial charge in [-0.2, -0.15) is 17.5 Å². The second-order valence-corrected chi connectivity index (χ2v) is 9.62. The van der Waals surface area contributed by atoms with Gasteiger partial charge in [0.25, 0.3) is 0 Å². The average Bonchev–Trinajstić information content (AvgIpc) is 3.27. The van der Waals surface area contributed by atoms with Crippen molar-refractivity contribution in [3.05, 3.63) is 0 Å². The Kier molecular flexibility index (Phi) is 5.97. The number of alkyl halides is 3. The molecule has 3 aliphatic rings. The Balaban J connectivity index is 1.27. The molecule has 2 aliphatic heterocycles. The zero-order chi connectivity index (χ0) is 18.1. The molecule has 146 valence electrons. The van der Waals surface area contributed by atoms with Crippen LogP contribution < -0.4 is 5.32 Å². The van der Waals surface area contributed by atoms with E-state index in [9.17, 15) is 21.6 Å². The van der Waals surface area contributed by atoms with Crippen LogP contribution in [0.5, 0.6) is 0 Å². The predicted octanol–water partition coefficient (Wildman–Crippen LogP) is 2.00. The summed E-state index contributed by atoms with van der Waals surface area (Å²) in [5.74, 6) is 1.52. The maximum atomic E-state index is 12.2. The van der Waals surface area contributed by atoms with Crippen molar-refractivity contribution in [3.63, 3.8) is 0 Å².